The Morgan fingerprint density at radius 1 is 0.919 bits per heavy atom. The quantitative estimate of drug-likeness (QED) is 0.316. The molecule has 7 nitrogen and oxygen atoms in total. The number of nitrogens with one attached hydrogen (secondary N) is 2. The van der Waals surface area contributed by atoms with Crippen LogP contribution in [-0.2, 0) is 6.54 Å². The van der Waals surface area contributed by atoms with Crippen LogP contribution in [0.5, 0.6) is 0 Å². The summed E-state index contributed by atoms with van der Waals surface area (Å²) in [6.07, 6.45) is 8.59. The largest absolute Gasteiger partial charge is 0.335 e. The molecule has 1 saturated heterocycles. The first-order valence-corrected chi connectivity index (χ1v) is 12.4. The number of likely N-dealkylation sites (tertiary alicyclic amines) is 1. The zero-order valence-electron chi connectivity index (χ0n) is 20.3. The normalized spacial score (nSPS) is 13.9. The number of fused-ring (bicyclic) bond motifs is 2. The fraction of sp³-hybridized carbons (Fsp3) is 0.172. The average molecular weight is 490 g/mol. The topological polar surface area (TPSA) is 86.4 Å². The molecule has 37 heavy (non-hydrogen) atoms. The van der Waals surface area contributed by atoms with Crippen LogP contribution in [-0.4, -0.2) is 48.1 Å². The van der Waals surface area contributed by atoms with E-state index >= 15 is 0 Å². The van der Waals surface area contributed by atoms with Gasteiger partial charge in [0.25, 0.3) is 0 Å². The van der Waals surface area contributed by atoms with Crippen LogP contribution in [0.1, 0.15) is 17.5 Å². The summed E-state index contributed by atoms with van der Waals surface area (Å²) < 4.78 is 13.9. The highest BCUT2D eigenvalue weighted by Crippen LogP contribution is 2.34. The standard InChI is InChI=1S/C29H24FN7/c1-17-8-25-23(11-22(17)20-9-18(12-31-13-20)16-37-6-3-7-37)28(36-35-25)29-33-26-15-32-14-24(27(26)34-29)19-4-2-5-21(30)10-19/h2,4-5,8-15H,3,6-7,16H2,1H3,(H,33,34)(H,35,36). The Bertz CT molecular complexity index is 1780. The molecule has 1 aliphatic rings. The Morgan fingerprint density at radius 3 is 2.65 bits per heavy atom. The Labute approximate surface area is 212 Å². The summed E-state index contributed by atoms with van der Waals surface area (Å²) in [6, 6.07) is 13.0. The van der Waals surface area contributed by atoms with Gasteiger partial charge in [0.2, 0.25) is 0 Å². The molecule has 2 N–H and O–H groups in total. The molecule has 5 heterocycles. The number of aromatic nitrogens is 6. The van der Waals surface area contributed by atoms with Gasteiger partial charge in [0.1, 0.15) is 11.5 Å². The number of H-pyrrole nitrogens is 2. The van der Waals surface area contributed by atoms with Crippen LogP contribution in [0, 0.1) is 12.7 Å². The van der Waals surface area contributed by atoms with Crippen LogP contribution in [0.25, 0.3) is 55.7 Å². The second-order valence-corrected chi connectivity index (χ2v) is 9.68. The zero-order valence-corrected chi connectivity index (χ0v) is 20.3. The first-order chi connectivity index (χ1) is 18.1. The average Bonchev–Trinajstić information content (AvgIpc) is 3.49. The van der Waals surface area contributed by atoms with Gasteiger partial charge in [-0.15, -0.1) is 0 Å². The lowest BCUT2D eigenvalue weighted by atomic mass is 9.98. The lowest BCUT2D eigenvalue weighted by Crippen LogP contribution is -2.36. The lowest BCUT2D eigenvalue weighted by molar-refractivity contribution is 0.172. The molecule has 0 aliphatic carbocycles. The van der Waals surface area contributed by atoms with Gasteiger partial charge in [0, 0.05) is 41.6 Å². The highest BCUT2D eigenvalue weighted by molar-refractivity contribution is 5.98. The van der Waals surface area contributed by atoms with E-state index in [-0.39, 0.29) is 5.82 Å². The van der Waals surface area contributed by atoms with Crippen molar-refractivity contribution in [3.05, 3.63) is 84.2 Å². The molecule has 1 aliphatic heterocycles. The van der Waals surface area contributed by atoms with Crippen LogP contribution in [0.4, 0.5) is 4.39 Å². The van der Waals surface area contributed by atoms with Gasteiger partial charge in [0.15, 0.2) is 5.82 Å². The van der Waals surface area contributed by atoms with E-state index in [1.807, 2.05) is 18.5 Å². The van der Waals surface area contributed by atoms with Crippen molar-refractivity contribution in [3.63, 3.8) is 0 Å². The SMILES string of the molecule is Cc1cc2[nH]nc(-c3nc4c(-c5cccc(F)c5)cncc4[nH]3)c2cc1-c1cncc(CN2CCC2)c1. The van der Waals surface area contributed by atoms with Gasteiger partial charge in [0.05, 0.1) is 22.7 Å². The summed E-state index contributed by atoms with van der Waals surface area (Å²) >= 11 is 0. The van der Waals surface area contributed by atoms with Crippen LogP contribution in [0.15, 0.2) is 67.3 Å². The lowest BCUT2D eigenvalue weighted by Gasteiger charge is -2.30. The number of rotatable bonds is 5. The minimum atomic E-state index is -0.296. The van der Waals surface area contributed by atoms with E-state index in [1.54, 1.807) is 18.5 Å². The number of aromatic amines is 2. The summed E-state index contributed by atoms with van der Waals surface area (Å²) in [4.78, 5) is 19.6. The highest BCUT2D eigenvalue weighted by Gasteiger charge is 2.18. The molecule has 7 rings (SSSR count). The van der Waals surface area contributed by atoms with Crippen molar-refractivity contribution >= 4 is 21.9 Å². The first kappa shape index (κ1) is 21.8. The van der Waals surface area contributed by atoms with Crippen LogP contribution in [0.2, 0.25) is 0 Å². The molecule has 0 bridgehead atoms. The van der Waals surface area contributed by atoms with Crippen molar-refractivity contribution in [2.45, 2.75) is 19.9 Å². The number of imidazole rings is 1. The first-order valence-electron chi connectivity index (χ1n) is 12.4. The molecule has 0 amide bonds. The smallest absolute Gasteiger partial charge is 0.159 e. The molecular formula is C29H24FN7. The molecule has 0 spiro atoms. The predicted molar refractivity (Wildman–Crippen MR) is 142 cm³/mol. The van der Waals surface area contributed by atoms with Gasteiger partial charge in [-0.05, 0) is 79.0 Å². The van der Waals surface area contributed by atoms with Crippen molar-refractivity contribution < 1.29 is 4.39 Å². The van der Waals surface area contributed by atoms with Crippen molar-refractivity contribution in [2.24, 2.45) is 0 Å². The van der Waals surface area contributed by atoms with Gasteiger partial charge in [-0.2, -0.15) is 5.10 Å². The highest BCUT2D eigenvalue weighted by atomic mass is 19.1. The monoisotopic (exact) mass is 489 g/mol. The predicted octanol–water partition coefficient (Wildman–Crippen LogP) is 5.88. The number of nitrogens with zero attached hydrogens (tertiary/aromatic N) is 5. The number of aryl methyl sites for hydroxylation is 1. The van der Waals surface area contributed by atoms with Crippen molar-refractivity contribution in [2.75, 3.05) is 13.1 Å². The van der Waals surface area contributed by atoms with Crippen molar-refractivity contribution in [3.8, 4) is 33.8 Å². The molecule has 1 fully saturated rings. The van der Waals surface area contributed by atoms with E-state index in [9.17, 15) is 4.39 Å². The number of halogens is 1. The summed E-state index contributed by atoms with van der Waals surface area (Å²) in [5.41, 5.74) is 9.22. The second kappa shape index (κ2) is 8.60. The second-order valence-electron chi connectivity index (χ2n) is 9.68. The van der Waals surface area contributed by atoms with E-state index in [0.717, 1.165) is 75.1 Å². The number of benzene rings is 2. The minimum absolute atomic E-state index is 0.296. The van der Waals surface area contributed by atoms with Crippen molar-refractivity contribution in [1.29, 1.82) is 0 Å². The Kier molecular flexibility index (Phi) is 5.07. The van der Waals surface area contributed by atoms with Gasteiger partial charge >= 0.3 is 0 Å². The molecule has 182 valence electrons. The Hall–Kier alpha value is -4.43. The minimum Gasteiger partial charge on any atom is -0.335 e. The van der Waals surface area contributed by atoms with E-state index in [2.05, 4.69) is 55.2 Å². The molecule has 6 aromatic rings. The molecule has 4 aromatic heterocycles. The summed E-state index contributed by atoms with van der Waals surface area (Å²) in [6.45, 7) is 5.35. The third kappa shape index (κ3) is 3.86. The number of hydrogen-bond donors (Lipinski definition) is 2. The zero-order chi connectivity index (χ0) is 24.9. The van der Waals surface area contributed by atoms with Crippen LogP contribution < -0.4 is 0 Å². The van der Waals surface area contributed by atoms with E-state index in [4.69, 9.17) is 4.98 Å². The molecule has 0 atom stereocenters. The Morgan fingerprint density at radius 2 is 1.81 bits per heavy atom. The van der Waals surface area contributed by atoms with E-state index < -0.39 is 0 Å². The Balaban J connectivity index is 1.32. The summed E-state index contributed by atoms with van der Waals surface area (Å²) in [7, 11) is 0. The maximum absolute atomic E-state index is 13.9. The van der Waals surface area contributed by atoms with E-state index in [0.29, 0.717) is 5.82 Å². The van der Waals surface area contributed by atoms with Gasteiger partial charge < -0.3 is 4.98 Å². The molecule has 0 saturated carbocycles. The van der Waals surface area contributed by atoms with Crippen LogP contribution >= 0.6 is 0 Å². The van der Waals surface area contributed by atoms with Gasteiger partial charge in [-0.1, -0.05) is 12.1 Å². The molecule has 0 unspecified atom stereocenters. The fourth-order valence-electron chi connectivity index (χ4n) is 5.10. The maximum atomic E-state index is 13.9. The molecule has 8 heteroatoms. The van der Waals surface area contributed by atoms with Gasteiger partial charge in [-0.25, -0.2) is 9.37 Å². The number of pyridine rings is 2. The van der Waals surface area contributed by atoms with Gasteiger partial charge in [-0.3, -0.25) is 20.0 Å². The third-order valence-corrected chi connectivity index (χ3v) is 7.12. The summed E-state index contributed by atoms with van der Waals surface area (Å²) in [5.74, 6) is 0.334. The maximum Gasteiger partial charge on any atom is 0.159 e. The molecule has 0 radical (unpaired) electrons. The summed E-state index contributed by atoms with van der Waals surface area (Å²) in [5, 5.41) is 8.73. The van der Waals surface area contributed by atoms with Crippen molar-refractivity contribution in [1.82, 2.24) is 35.0 Å². The third-order valence-electron chi connectivity index (χ3n) is 7.12. The number of hydrogen-bond acceptors (Lipinski definition) is 5. The molecular weight excluding hydrogens is 465 g/mol. The van der Waals surface area contributed by atoms with Crippen LogP contribution in [0.3, 0.4) is 0 Å². The molecule has 2 aromatic carbocycles. The fourth-order valence-corrected chi connectivity index (χ4v) is 5.10. The van der Waals surface area contributed by atoms with E-state index in [1.165, 1.54) is 24.1 Å².